The van der Waals surface area contributed by atoms with Crippen LogP contribution < -0.4 is 10.2 Å². The molecule has 0 rings (SSSR count). The van der Waals surface area contributed by atoms with E-state index in [2.05, 4.69) is 12.2 Å². The molecule has 1 amide bonds. The largest absolute Gasteiger partial charge is 0.756 e. The van der Waals surface area contributed by atoms with Gasteiger partial charge in [-0.15, -0.1) is 0 Å². The summed E-state index contributed by atoms with van der Waals surface area (Å²) in [6.07, 6.45) is 36.4. The van der Waals surface area contributed by atoms with Crippen molar-refractivity contribution in [2.75, 3.05) is 40.9 Å². The number of allylic oxidation sites excluding steroid dienone is 1. The fourth-order valence-electron chi connectivity index (χ4n) is 5.92. The maximum Gasteiger partial charge on any atom is 0.268 e. The standard InChI is InChI=1S/C40H81N2O6P/c1-6-8-10-11-12-13-14-15-16-17-18-19-20-21-22-23-24-25-26-27-28-29-30-32-34-40(44)41-38(39(43)33-31-9-7-2)37-48-49(45,46)47-36-35-42(3,4)5/h31,33,38-39,43H,6-30,32,34-37H2,1-5H3,(H-,41,44,45,46)/b33-31+. The summed E-state index contributed by atoms with van der Waals surface area (Å²) in [5.41, 5.74) is 0. The molecule has 0 saturated heterocycles. The highest BCUT2D eigenvalue weighted by Gasteiger charge is 2.23. The van der Waals surface area contributed by atoms with Gasteiger partial charge in [0, 0.05) is 6.42 Å². The van der Waals surface area contributed by atoms with Crippen molar-refractivity contribution in [1.82, 2.24) is 5.32 Å². The Balaban J connectivity index is 3.86. The van der Waals surface area contributed by atoms with Gasteiger partial charge < -0.3 is 28.8 Å². The lowest BCUT2D eigenvalue weighted by molar-refractivity contribution is -0.870. The Morgan fingerprint density at radius 1 is 0.694 bits per heavy atom. The van der Waals surface area contributed by atoms with E-state index in [0.717, 1.165) is 32.1 Å². The molecular weight excluding hydrogens is 635 g/mol. The molecule has 49 heavy (non-hydrogen) atoms. The number of likely N-dealkylation sites (N-methyl/N-ethyl adjacent to an activating group) is 1. The van der Waals surface area contributed by atoms with Crippen molar-refractivity contribution in [2.24, 2.45) is 0 Å². The second kappa shape index (κ2) is 33.1. The number of phosphoric ester groups is 1. The Bertz CT molecular complexity index is 819. The summed E-state index contributed by atoms with van der Waals surface area (Å²) >= 11 is 0. The van der Waals surface area contributed by atoms with E-state index in [1.807, 2.05) is 34.1 Å². The Morgan fingerprint density at radius 3 is 1.49 bits per heavy atom. The number of unbranched alkanes of at least 4 members (excludes halogenated alkanes) is 24. The quantitative estimate of drug-likeness (QED) is 0.0287. The van der Waals surface area contributed by atoms with Crippen molar-refractivity contribution in [3.8, 4) is 0 Å². The molecule has 0 aromatic carbocycles. The number of quaternary nitrogens is 1. The maximum absolute atomic E-state index is 12.6. The van der Waals surface area contributed by atoms with E-state index < -0.39 is 20.0 Å². The van der Waals surface area contributed by atoms with Crippen molar-refractivity contribution in [3.63, 3.8) is 0 Å². The number of nitrogens with one attached hydrogen (secondary N) is 1. The van der Waals surface area contributed by atoms with E-state index in [1.54, 1.807) is 6.08 Å². The molecule has 292 valence electrons. The number of aliphatic hydroxyl groups excluding tert-OH is 1. The van der Waals surface area contributed by atoms with Gasteiger partial charge >= 0.3 is 0 Å². The average molecular weight is 717 g/mol. The molecule has 3 unspecified atom stereocenters. The SMILES string of the molecule is CCC/C=C/C(O)C(COP(=O)([O-])OCC[N+](C)(C)C)NC(=O)CCCCCCCCCCCCCCCCCCCCCCCCCC. The lowest BCUT2D eigenvalue weighted by Gasteiger charge is -2.29. The Morgan fingerprint density at radius 2 is 1.10 bits per heavy atom. The second-order valence-corrected chi connectivity index (χ2v) is 16.8. The van der Waals surface area contributed by atoms with Gasteiger partial charge in [-0.05, 0) is 12.8 Å². The van der Waals surface area contributed by atoms with Gasteiger partial charge in [0.2, 0.25) is 5.91 Å². The first-order valence-corrected chi connectivity index (χ1v) is 22.0. The third-order valence-electron chi connectivity index (χ3n) is 9.23. The van der Waals surface area contributed by atoms with Crippen LogP contribution in [0.4, 0.5) is 0 Å². The zero-order valence-corrected chi connectivity index (χ0v) is 33.8. The molecule has 0 aliphatic heterocycles. The normalized spacial score (nSPS) is 14.7. The van der Waals surface area contributed by atoms with Gasteiger partial charge in [-0.3, -0.25) is 9.36 Å². The van der Waals surface area contributed by atoms with E-state index in [1.165, 1.54) is 135 Å². The molecule has 3 atom stereocenters. The van der Waals surface area contributed by atoms with Crippen LogP contribution in [0.25, 0.3) is 0 Å². The number of nitrogens with zero attached hydrogens (tertiary/aromatic N) is 1. The van der Waals surface area contributed by atoms with Crippen LogP contribution in [0, 0.1) is 0 Å². The maximum atomic E-state index is 12.6. The summed E-state index contributed by atoms with van der Waals surface area (Å²) in [4.78, 5) is 24.9. The third-order valence-corrected chi connectivity index (χ3v) is 10.2. The first kappa shape index (κ1) is 48.2. The summed E-state index contributed by atoms with van der Waals surface area (Å²) in [6, 6.07) is -0.876. The smallest absolute Gasteiger partial charge is 0.268 e. The summed E-state index contributed by atoms with van der Waals surface area (Å²) in [7, 11) is 1.26. The molecular formula is C40H81N2O6P. The van der Waals surface area contributed by atoms with Crippen LogP contribution in [0.1, 0.15) is 187 Å². The Hall–Kier alpha value is -0.760. The summed E-state index contributed by atoms with van der Waals surface area (Å²) in [5, 5.41) is 13.4. The van der Waals surface area contributed by atoms with Crippen LogP contribution in [-0.4, -0.2) is 68.5 Å². The highest BCUT2D eigenvalue weighted by atomic mass is 31.2. The van der Waals surface area contributed by atoms with Crippen LogP contribution in [0.3, 0.4) is 0 Å². The number of aliphatic hydroxyl groups is 1. The van der Waals surface area contributed by atoms with E-state index in [-0.39, 0.29) is 19.1 Å². The molecule has 9 heteroatoms. The molecule has 0 fully saturated rings. The van der Waals surface area contributed by atoms with Crippen molar-refractivity contribution in [1.29, 1.82) is 0 Å². The minimum atomic E-state index is -4.56. The minimum Gasteiger partial charge on any atom is -0.756 e. The molecule has 2 N–H and O–H groups in total. The summed E-state index contributed by atoms with van der Waals surface area (Å²) in [6.45, 7) is 4.43. The van der Waals surface area contributed by atoms with Crippen molar-refractivity contribution in [2.45, 2.75) is 199 Å². The van der Waals surface area contributed by atoms with Gasteiger partial charge in [0.05, 0.1) is 39.9 Å². The van der Waals surface area contributed by atoms with Crippen LogP contribution >= 0.6 is 7.82 Å². The number of rotatable bonds is 37. The lowest BCUT2D eigenvalue weighted by Crippen LogP contribution is -2.45. The van der Waals surface area contributed by atoms with Crippen LogP contribution in [-0.2, 0) is 18.4 Å². The zero-order chi connectivity index (χ0) is 36.5. The Labute approximate surface area is 303 Å². The third kappa shape index (κ3) is 35.4. The monoisotopic (exact) mass is 717 g/mol. The first-order chi connectivity index (χ1) is 23.5. The van der Waals surface area contributed by atoms with Crippen molar-refractivity contribution < 1.29 is 32.9 Å². The molecule has 0 radical (unpaired) electrons. The predicted octanol–water partition coefficient (Wildman–Crippen LogP) is 10.2. The zero-order valence-electron chi connectivity index (χ0n) is 32.9. The molecule has 8 nitrogen and oxygen atoms in total. The number of amides is 1. The number of hydrogen-bond donors (Lipinski definition) is 2. The number of carbonyl (C=O) groups is 1. The minimum absolute atomic E-state index is 0.000175. The molecule has 0 saturated carbocycles. The first-order valence-electron chi connectivity index (χ1n) is 20.6. The van der Waals surface area contributed by atoms with Crippen LogP contribution in [0.15, 0.2) is 12.2 Å². The van der Waals surface area contributed by atoms with Crippen molar-refractivity contribution in [3.05, 3.63) is 12.2 Å². The summed E-state index contributed by atoms with van der Waals surface area (Å²) < 4.78 is 22.8. The molecule has 0 aliphatic carbocycles. The molecule has 0 heterocycles. The predicted molar refractivity (Wildman–Crippen MR) is 205 cm³/mol. The van der Waals surface area contributed by atoms with Gasteiger partial charge in [-0.2, -0.15) is 0 Å². The van der Waals surface area contributed by atoms with E-state index >= 15 is 0 Å². The highest BCUT2D eigenvalue weighted by Crippen LogP contribution is 2.38. The van der Waals surface area contributed by atoms with E-state index in [9.17, 15) is 19.4 Å². The number of phosphoric acid groups is 1. The van der Waals surface area contributed by atoms with E-state index in [0.29, 0.717) is 17.4 Å². The van der Waals surface area contributed by atoms with Crippen LogP contribution in [0.2, 0.25) is 0 Å². The average Bonchev–Trinajstić information content (AvgIpc) is 3.04. The van der Waals surface area contributed by atoms with E-state index in [4.69, 9.17) is 9.05 Å². The molecule has 0 aromatic rings. The molecule has 0 aromatic heterocycles. The van der Waals surface area contributed by atoms with Crippen LogP contribution in [0.5, 0.6) is 0 Å². The molecule has 0 bridgehead atoms. The fourth-order valence-corrected chi connectivity index (χ4v) is 6.65. The van der Waals surface area contributed by atoms with Gasteiger partial charge in [-0.25, -0.2) is 0 Å². The van der Waals surface area contributed by atoms with Gasteiger partial charge in [0.1, 0.15) is 13.2 Å². The lowest BCUT2D eigenvalue weighted by atomic mass is 10.0. The molecule has 0 spiro atoms. The van der Waals surface area contributed by atoms with Crippen molar-refractivity contribution >= 4 is 13.7 Å². The molecule has 0 aliphatic rings. The van der Waals surface area contributed by atoms with Gasteiger partial charge in [0.25, 0.3) is 7.82 Å². The van der Waals surface area contributed by atoms with Gasteiger partial charge in [0.15, 0.2) is 0 Å². The topological polar surface area (TPSA) is 108 Å². The fraction of sp³-hybridized carbons (Fsp3) is 0.925. The Kier molecular flexibility index (Phi) is 32.6. The van der Waals surface area contributed by atoms with Gasteiger partial charge in [-0.1, -0.05) is 180 Å². The highest BCUT2D eigenvalue weighted by molar-refractivity contribution is 7.45. The second-order valence-electron chi connectivity index (χ2n) is 15.4. The number of carbonyl (C=O) groups excluding carboxylic acids is 1. The number of hydrogen-bond acceptors (Lipinski definition) is 6. The summed E-state index contributed by atoms with van der Waals surface area (Å²) in [5.74, 6) is -0.206.